The van der Waals surface area contributed by atoms with Gasteiger partial charge in [-0.25, -0.2) is 5.43 Å². The van der Waals surface area contributed by atoms with E-state index in [1.165, 1.54) is 0 Å². The lowest BCUT2D eigenvalue weighted by molar-refractivity contribution is 0.132. The Morgan fingerprint density at radius 3 is 2.38 bits per heavy atom. The Hall–Kier alpha value is 0.190. The van der Waals surface area contributed by atoms with Gasteiger partial charge in [-0.1, -0.05) is 0 Å². The van der Waals surface area contributed by atoms with Crippen molar-refractivity contribution in [1.29, 1.82) is 0 Å². The smallest absolute Gasteiger partial charge is 0.0742 e. The van der Waals surface area contributed by atoms with Crippen molar-refractivity contribution >= 4 is 11.8 Å². The molecule has 13 heavy (non-hydrogen) atoms. The van der Waals surface area contributed by atoms with Crippen molar-refractivity contribution in [2.75, 3.05) is 39.8 Å². The van der Waals surface area contributed by atoms with Gasteiger partial charge in [-0.15, -0.1) is 0 Å². The van der Waals surface area contributed by atoms with Gasteiger partial charge in [0.1, 0.15) is 0 Å². The van der Waals surface area contributed by atoms with Crippen molar-refractivity contribution in [1.82, 2.24) is 15.2 Å². The van der Waals surface area contributed by atoms with E-state index < -0.39 is 0 Å². The molecule has 0 amide bonds. The maximum absolute atomic E-state index is 5.47. The average Bonchev–Trinajstić information content (AvgIpc) is 2.04. The van der Waals surface area contributed by atoms with Gasteiger partial charge in [0.2, 0.25) is 0 Å². The first-order valence-electron chi connectivity index (χ1n) is 4.41. The zero-order valence-electron chi connectivity index (χ0n) is 9.08. The Labute approximate surface area is 85.8 Å². The van der Waals surface area contributed by atoms with Crippen LogP contribution in [0, 0.1) is 0 Å². The third-order valence-corrected chi connectivity index (χ3v) is 2.47. The van der Waals surface area contributed by atoms with Gasteiger partial charge >= 0.3 is 0 Å². The molecule has 0 rings (SSSR count). The first-order chi connectivity index (χ1) is 6.11. The molecule has 4 nitrogen and oxygen atoms in total. The van der Waals surface area contributed by atoms with Crippen molar-refractivity contribution in [2.45, 2.75) is 12.6 Å². The molecule has 0 radical (unpaired) electrons. The van der Waals surface area contributed by atoms with E-state index in [-0.39, 0.29) is 6.17 Å². The highest BCUT2D eigenvalue weighted by molar-refractivity contribution is 7.98. The molecule has 0 aromatic carbocycles. The Balaban J connectivity index is 3.77. The number of hydrogen-bond acceptors (Lipinski definition) is 5. The molecule has 0 heterocycles. The van der Waals surface area contributed by atoms with Crippen molar-refractivity contribution < 1.29 is 0 Å². The molecule has 0 saturated carbocycles. The first kappa shape index (κ1) is 13.2. The Morgan fingerprint density at radius 1 is 1.38 bits per heavy atom. The van der Waals surface area contributed by atoms with Crippen LogP contribution in [0.2, 0.25) is 0 Å². The first-order valence-corrected chi connectivity index (χ1v) is 5.81. The van der Waals surface area contributed by atoms with Crippen LogP contribution in [0.5, 0.6) is 0 Å². The van der Waals surface area contributed by atoms with Gasteiger partial charge in [0.25, 0.3) is 0 Å². The third kappa shape index (κ3) is 6.29. The molecular formula is C8H22N4S. The van der Waals surface area contributed by atoms with Crippen LogP contribution in [0.3, 0.4) is 0 Å². The van der Waals surface area contributed by atoms with Crippen LogP contribution in [0.25, 0.3) is 0 Å². The predicted molar refractivity (Wildman–Crippen MR) is 60.4 cm³/mol. The molecule has 0 saturated heterocycles. The normalized spacial score (nSPS) is 14.1. The van der Waals surface area contributed by atoms with Gasteiger partial charge in [0, 0.05) is 0 Å². The van der Waals surface area contributed by atoms with E-state index in [2.05, 4.69) is 42.6 Å². The summed E-state index contributed by atoms with van der Waals surface area (Å²) in [4.78, 5) is 4.33. The summed E-state index contributed by atoms with van der Waals surface area (Å²) in [6, 6.07) is 0. The van der Waals surface area contributed by atoms with Gasteiger partial charge in [-0.3, -0.25) is 15.6 Å². The summed E-state index contributed by atoms with van der Waals surface area (Å²) in [5.74, 6) is 6.60. The van der Waals surface area contributed by atoms with Crippen LogP contribution < -0.4 is 11.3 Å². The molecule has 80 valence electrons. The fourth-order valence-corrected chi connectivity index (χ4v) is 1.66. The van der Waals surface area contributed by atoms with Gasteiger partial charge in [0.05, 0.1) is 12.8 Å². The number of nitrogens with two attached hydrogens (primary N) is 1. The monoisotopic (exact) mass is 206 g/mol. The average molecular weight is 206 g/mol. The highest BCUT2D eigenvalue weighted by Crippen LogP contribution is 2.03. The highest BCUT2D eigenvalue weighted by Gasteiger charge is 2.12. The summed E-state index contributed by atoms with van der Waals surface area (Å²) >= 11 is 1.85. The Morgan fingerprint density at radius 2 is 2.00 bits per heavy atom. The molecule has 0 aliphatic rings. The predicted octanol–water partition coefficient (Wildman–Crippen LogP) is -0.0202. The second-order valence-corrected chi connectivity index (χ2v) is 4.43. The van der Waals surface area contributed by atoms with Gasteiger partial charge in [-0.05, 0) is 39.6 Å². The summed E-state index contributed by atoms with van der Waals surface area (Å²) in [7, 11) is 6.18. The third-order valence-electron chi connectivity index (χ3n) is 1.83. The van der Waals surface area contributed by atoms with E-state index in [1.54, 1.807) is 0 Å². The summed E-state index contributed by atoms with van der Waals surface area (Å²) in [6.45, 7) is 0.920. The van der Waals surface area contributed by atoms with E-state index in [9.17, 15) is 0 Å². The number of hydrazine groups is 1. The molecule has 5 heteroatoms. The SMILES string of the molecule is CSCCC(NN)N(C)CN(C)C. The Kier molecular flexibility index (Phi) is 7.69. The molecule has 0 aromatic heterocycles. The minimum Gasteiger partial charge on any atom is -0.297 e. The summed E-state index contributed by atoms with van der Waals surface area (Å²) in [6.07, 6.45) is 3.46. The van der Waals surface area contributed by atoms with Crippen LogP contribution >= 0.6 is 11.8 Å². The second kappa shape index (κ2) is 7.58. The van der Waals surface area contributed by atoms with E-state index in [0.717, 1.165) is 18.8 Å². The number of thioether (sulfide) groups is 1. The van der Waals surface area contributed by atoms with Crippen molar-refractivity contribution in [3.8, 4) is 0 Å². The molecule has 0 aliphatic carbocycles. The highest BCUT2D eigenvalue weighted by atomic mass is 32.2. The molecule has 0 spiro atoms. The fourth-order valence-electron chi connectivity index (χ4n) is 1.21. The zero-order chi connectivity index (χ0) is 10.3. The summed E-state index contributed by atoms with van der Waals surface area (Å²) < 4.78 is 0. The van der Waals surface area contributed by atoms with Crippen molar-refractivity contribution in [3.05, 3.63) is 0 Å². The lowest BCUT2D eigenvalue weighted by atomic mass is 10.3. The number of nitrogens with zero attached hydrogens (tertiary/aromatic N) is 2. The van der Waals surface area contributed by atoms with Crippen molar-refractivity contribution in [3.63, 3.8) is 0 Å². The van der Waals surface area contributed by atoms with Crippen LogP contribution in [-0.2, 0) is 0 Å². The summed E-state index contributed by atoms with van der Waals surface area (Å²) in [5, 5.41) is 0. The van der Waals surface area contributed by atoms with Crippen LogP contribution in [0.4, 0.5) is 0 Å². The number of rotatable bonds is 7. The van der Waals surface area contributed by atoms with Crippen LogP contribution in [0.1, 0.15) is 6.42 Å². The van der Waals surface area contributed by atoms with E-state index >= 15 is 0 Å². The quantitative estimate of drug-likeness (QED) is 0.348. The number of hydrogen-bond donors (Lipinski definition) is 2. The maximum Gasteiger partial charge on any atom is 0.0742 e. The van der Waals surface area contributed by atoms with Gasteiger partial charge in [-0.2, -0.15) is 11.8 Å². The molecule has 3 N–H and O–H groups in total. The molecular weight excluding hydrogens is 184 g/mol. The molecule has 0 bridgehead atoms. The lowest BCUT2D eigenvalue weighted by Gasteiger charge is -2.29. The minimum absolute atomic E-state index is 0.273. The topological polar surface area (TPSA) is 44.5 Å². The van der Waals surface area contributed by atoms with Crippen LogP contribution in [-0.4, -0.2) is 55.8 Å². The van der Waals surface area contributed by atoms with Gasteiger partial charge in [0.15, 0.2) is 0 Å². The largest absolute Gasteiger partial charge is 0.297 e. The van der Waals surface area contributed by atoms with Crippen LogP contribution in [0.15, 0.2) is 0 Å². The van der Waals surface area contributed by atoms with E-state index in [4.69, 9.17) is 5.84 Å². The standard InChI is InChI=1S/C8H22N4S/c1-11(2)7-12(3)8(10-9)5-6-13-4/h8,10H,5-7,9H2,1-4H3. The lowest BCUT2D eigenvalue weighted by Crippen LogP contribution is -2.50. The maximum atomic E-state index is 5.47. The zero-order valence-corrected chi connectivity index (χ0v) is 9.90. The fraction of sp³-hybridized carbons (Fsp3) is 1.00. The number of nitrogens with one attached hydrogen (secondary N) is 1. The molecule has 1 atom stereocenters. The Bertz CT molecular complexity index is 121. The van der Waals surface area contributed by atoms with Crippen molar-refractivity contribution in [2.24, 2.45) is 5.84 Å². The molecule has 0 aromatic rings. The molecule has 1 unspecified atom stereocenters. The molecule has 0 aliphatic heterocycles. The molecule has 0 fully saturated rings. The van der Waals surface area contributed by atoms with E-state index in [1.807, 2.05) is 11.8 Å². The summed E-state index contributed by atoms with van der Waals surface area (Å²) in [5.41, 5.74) is 2.83. The van der Waals surface area contributed by atoms with Gasteiger partial charge < -0.3 is 0 Å². The minimum atomic E-state index is 0.273. The second-order valence-electron chi connectivity index (χ2n) is 3.44. The van der Waals surface area contributed by atoms with E-state index in [0.29, 0.717) is 0 Å².